The summed E-state index contributed by atoms with van der Waals surface area (Å²) in [6.45, 7) is 3.98. The van der Waals surface area contributed by atoms with Crippen molar-refractivity contribution in [3.8, 4) is 11.5 Å². The molecule has 1 aromatic heterocycles. The van der Waals surface area contributed by atoms with E-state index in [0.717, 1.165) is 25.3 Å². The molecular weight excluding hydrogens is 374 g/mol. The molecular formula is C18H20ClN3O3S. The number of nitrogens with one attached hydrogen (secondary N) is 1. The Morgan fingerprint density at radius 1 is 1.23 bits per heavy atom. The molecule has 1 amide bonds. The van der Waals surface area contributed by atoms with E-state index in [9.17, 15) is 4.79 Å². The van der Waals surface area contributed by atoms with Gasteiger partial charge in [-0.25, -0.2) is 4.98 Å². The van der Waals surface area contributed by atoms with Gasteiger partial charge >= 0.3 is 0 Å². The van der Waals surface area contributed by atoms with E-state index in [-0.39, 0.29) is 5.91 Å². The Kier molecular flexibility index (Phi) is 5.28. The fourth-order valence-electron chi connectivity index (χ4n) is 3.19. The molecule has 2 aromatic rings. The predicted octanol–water partition coefficient (Wildman–Crippen LogP) is 3.81. The van der Waals surface area contributed by atoms with Crippen LogP contribution in [0.3, 0.4) is 0 Å². The van der Waals surface area contributed by atoms with E-state index in [1.807, 2.05) is 5.38 Å². The minimum Gasteiger partial charge on any atom is -0.486 e. The highest BCUT2D eigenvalue weighted by Crippen LogP contribution is 2.38. The number of halogens is 1. The minimum atomic E-state index is -0.261. The molecule has 0 aliphatic carbocycles. The molecule has 6 nitrogen and oxygen atoms in total. The molecule has 2 aliphatic heterocycles. The quantitative estimate of drug-likeness (QED) is 0.855. The summed E-state index contributed by atoms with van der Waals surface area (Å²) in [6, 6.07) is 3.24. The van der Waals surface area contributed by atoms with Gasteiger partial charge in [-0.15, -0.1) is 11.3 Å². The molecule has 138 valence electrons. The Labute approximate surface area is 161 Å². The maximum atomic E-state index is 12.5. The number of piperidine rings is 1. The van der Waals surface area contributed by atoms with Crippen molar-refractivity contribution in [2.45, 2.75) is 25.8 Å². The lowest BCUT2D eigenvalue weighted by Crippen LogP contribution is -2.29. The Balaban J connectivity index is 1.42. The van der Waals surface area contributed by atoms with E-state index in [2.05, 4.69) is 15.2 Å². The van der Waals surface area contributed by atoms with E-state index in [1.54, 1.807) is 12.1 Å². The van der Waals surface area contributed by atoms with E-state index in [0.29, 0.717) is 40.4 Å². The lowest BCUT2D eigenvalue weighted by atomic mass is 10.1. The average Bonchev–Trinajstić information content (AvgIpc) is 3.09. The number of aromatic nitrogens is 1. The first kappa shape index (κ1) is 17.6. The molecule has 1 aromatic carbocycles. The third-order valence-corrected chi connectivity index (χ3v) is 5.55. The summed E-state index contributed by atoms with van der Waals surface area (Å²) in [5.74, 6) is 0.731. The van der Waals surface area contributed by atoms with E-state index in [1.165, 1.54) is 30.6 Å². The number of carbonyl (C=O) groups is 1. The zero-order chi connectivity index (χ0) is 17.9. The first-order valence-electron chi connectivity index (χ1n) is 8.76. The van der Waals surface area contributed by atoms with Gasteiger partial charge in [0.15, 0.2) is 16.6 Å². The molecule has 1 saturated heterocycles. The zero-order valence-electron chi connectivity index (χ0n) is 14.3. The Morgan fingerprint density at radius 2 is 2.04 bits per heavy atom. The van der Waals surface area contributed by atoms with Gasteiger partial charge < -0.3 is 9.47 Å². The molecule has 0 saturated carbocycles. The normalized spacial score (nSPS) is 17.1. The lowest BCUT2D eigenvalue weighted by Gasteiger charge is -2.25. The van der Waals surface area contributed by atoms with E-state index >= 15 is 0 Å². The highest BCUT2D eigenvalue weighted by atomic mass is 35.5. The van der Waals surface area contributed by atoms with Crippen molar-refractivity contribution < 1.29 is 14.3 Å². The average molecular weight is 394 g/mol. The number of benzene rings is 1. The molecule has 8 heteroatoms. The van der Waals surface area contributed by atoms with Gasteiger partial charge in [-0.1, -0.05) is 18.0 Å². The Morgan fingerprint density at radius 3 is 2.88 bits per heavy atom. The molecule has 0 bridgehead atoms. The first-order chi connectivity index (χ1) is 12.7. The number of amides is 1. The van der Waals surface area contributed by atoms with Crippen LogP contribution in [0, 0.1) is 0 Å². The number of likely N-dealkylation sites (tertiary alicyclic amines) is 1. The second kappa shape index (κ2) is 7.82. The Bertz CT molecular complexity index is 805. The van der Waals surface area contributed by atoms with Crippen LogP contribution in [0.1, 0.15) is 35.3 Å². The van der Waals surface area contributed by atoms with Gasteiger partial charge in [0.1, 0.15) is 13.2 Å². The summed E-state index contributed by atoms with van der Waals surface area (Å²) in [5, 5.41) is 5.81. The van der Waals surface area contributed by atoms with Gasteiger partial charge in [0.05, 0.1) is 10.7 Å². The molecule has 26 heavy (non-hydrogen) atoms. The zero-order valence-corrected chi connectivity index (χ0v) is 15.9. The van der Waals surface area contributed by atoms with Gasteiger partial charge in [0, 0.05) is 17.5 Å². The minimum absolute atomic E-state index is 0.261. The van der Waals surface area contributed by atoms with E-state index in [4.69, 9.17) is 21.1 Å². The van der Waals surface area contributed by atoms with Crippen LogP contribution in [-0.2, 0) is 6.54 Å². The summed E-state index contributed by atoms with van der Waals surface area (Å²) < 4.78 is 11.0. The van der Waals surface area contributed by atoms with Crippen molar-refractivity contribution in [2.24, 2.45) is 0 Å². The van der Waals surface area contributed by atoms with Crippen molar-refractivity contribution in [1.82, 2.24) is 9.88 Å². The standard InChI is InChI=1S/C18H20ClN3O3S/c19-14-8-12(9-15-16(14)25-7-6-24-15)17(23)21-18-20-13(11-26-18)10-22-4-2-1-3-5-22/h8-9,11H,1-7,10H2,(H,20,21,23). The van der Waals surface area contributed by atoms with Crippen LogP contribution in [0.4, 0.5) is 5.13 Å². The monoisotopic (exact) mass is 393 g/mol. The predicted molar refractivity (Wildman–Crippen MR) is 102 cm³/mol. The fraction of sp³-hybridized carbons (Fsp3) is 0.444. The second-order valence-electron chi connectivity index (χ2n) is 6.42. The lowest BCUT2D eigenvalue weighted by molar-refractivity contribution is 0.102. The van der Waals surface area contributed by atoms with Crippen molar-refractivity contribution in [2.75, 3.05) is 31.6 Å². The summed E-state index contributed by atoms with van der Waals surface area (Å²) in [5.41, 5.74) is 1.42. The van der Waals surface area contributed by atoms with Crippen molar-refractivity contribution in [1.29, 1.82) is 0 Å². The van der Waals surface area contributed by atoms with Gasteiger partial charge in [0.2, 0.25) is 0 Å². The molecule has 0 atom stereocenters. The fourth-order valence-corrected chi connectivity index (χ4v) is 4.16. The maximum absolute atomic E-state index is 12.5. The molecule has 1 fully saturated rings. The van der Waals surface area contributed by atoms with Crippen LogP contribution in [0.25, 0.3) is 0 Å². The van der Waals surface area contributed by atoms with Crippen molar-refractivity contribution >= 4 is 34.0 Å². The summed E-state index contributed by atoms with van der Waals surface area (Å²) in [6.07, 6.45) is 3.81. The molecule has 0 spiro atoms. The molecule has 0 unspecified atom stereocenters. The summed E-state index contributed by atoms with van der Waals surface area (Å²) in [7, 11) is 0. The number of anilines is 1. The number of rotatable bonds is 4. The number of hydrogen-bond acceptors (Lipinski definition) is 6. The molecule has 2 aliphatic rings. The SMILES string of the molecule is O=C(Nc1nc(CN2CCCCC2)cs1)c1cc(Cl)c2c(c1)OCCO2. The van der Waals surface area contributed by atoms with Crippen LogP contribution >= 0.6 is 22.9 Å². The van der Waals surface area contributed by atoms with Crippen LogP contribution in [0.15, 0.2) is 17.5 Å². The number of carbonyl (C=O) groups excluding carboxylic acids is 1. The molecule has 4 rings (SSSR count). The van der Waals surface area contributed by atoms with Gasteiger partial charge in [-0.05, 0) is 38.1 Å². The molecule has 3 heterocycles. The van der Waals surface area contributed by atoms with Crippen LogP contribution < -0.4 is 14.8 Å². The van der Waals surface area contributed by atoms with Crippen molar-refractivity contribution in [3.05, 3.63) is 33.8 Å². The van der Waals surface area contributed by atoms with Crippen molar-refractivity contribution in [3.63, 3.8) is 0 Å². The van der Waals surface area contributed by atoms with Crippen LogP contribution in [-0.4, -0.2) is 42.1 Å². The third-order valence-electron chi connectivity index (χ3n) is 4.47. The summed E-state index contributed by atoms with van der Waals surface area (Å²) >= 11 is 7.64. The van der Waals surface area contributed by atoms with Gasteiger partial charge in [-0.3, -0.25) is 15.0 Å². The highest BCUT2D eigenvalue weighted by Gasteiger charge is 2.20. The van der Waals surface area contributed by atoms with E-state index < -0.39 is 0 Å². The number of fused-ring (bicyclic) bond motifs is 1. The molecule has 0 radical (unpaired) electrons. The first-order valence-corrected chi connectivity index (χ1v) is 10.0. The van der Waals surface area contributed by atoms with Crippen LogP contribution in [0.2, 0.25) is 5.02 Å². The third kappa shape index (κ3) is 3.95. The van der Waals surface area contributed by atoms with Gasteiger partial charge in [-0.2, -0.15) is 0 Å². The highest BCUT2D eigenvalue weighted by molar-refractivity contribution is 7.14. The number of hydrogen-bond donors (Lipinski definition) is 1. The second-order valence-corrected chi connectivity index (χ2v) is 7.68. The largest absolute Gasteiger partial charge is 0.486 e. The maximum Gasteiger partial charge on any atom is 0.257 e. The molecule has 1 N–H and O–H groups in total. The number of nitrogens with zero attached hydrogens (tertiary/aromatic N) is 2. The topological polar surface area (TPSA) is 63.7 Å². The number of ether oxygens (including phenoxy) is 2. The smallest absolute Gasteiger partial charge is 0.257 e. The van der Waals surface area contributed by atoms with Crippen LogP contribution in [0.5, 0.6) is 11.5 Å². The Hall–Kier alpha value is -1.83. The van der Waals surface area contributed by atoms with Gasteiger partial charge in [0.25, 0.3) is 5.91 Å². The number of thiazole rings is 1. The summed E-state index contributed by atoms with van der Waals surface area (Å²) in [4.78, 5) is 19.5.